The molecule has 0 aromatic heterocycles. The number of hydrogen-bond acceptors (Lipinski definition) is 2. The van der Waals surface area contributed by atoms with Crippen molar-refractivity contribution in [1.82, 2.24) is 5.32 Å². The summed E-state index contributed by atoms with van der Waals surface area (Å²) in [7, 11) is 1.67. The van der Waals surface area contributed by atoms with Crippen molar-refractivity contribution in [3.63, 3.8) is 0 Å². The first kappa shape index (κ1) is 13.1. The molecular formula is C13H20FNO. The molecule has 1 N–H and O–H groups in total. The van der Waals surface area contributed by atoms with Gasteiger partial charge >= 0.3 is 0 Å². The molecule has 0 aliphatic rings. The third-order valence-electron chi connectivity index (χ3n) is 2.57. The van der Waals surface area contributed by atoms with E-state index in [9.17, 15) is 4.39 Å². The third kappa shape index (κ3) is 3.58. The summed E-state index contributed by atoms with van der Waals surface area (Å²) in [6.45, 7) is 6.76. The molecule has 2 nitrogen and oxygen atoms in total. The Labute approximate surface area is 96.8 Å². The zero-order chi connectivity index (χ0) is 12.2. The molecule has 0 amide bonds. The summed E-state index contributed by atoms with van der Waals surface area (Å²) in [5.41, 5.74) is 0.676. The molecule has 3 heteroatoms. The number of nitrogens with one attached hydrogen (secondary N) is 1. The molecule has 0 spiro atoms. The Morgan fingerprint density at radius 2 is 2.12 bits per heavy atom. The van der Waals surface area contributed by atoms with E-state index in [0.717, 1.165) is 5.56 Å². The Kier molecular flexibility index (Phi) is 4.44. The average molecular weight is 225 g/mol. The quantitative estimate of drug-likeness (QED) is 0.832. The maximum atomic E-state index is 13.1. The number of benzene rings is 1. The first-order chi connectivity index (χ1) is 7.45. The predicted molar refractivity (Wildman–Crippen MR) is 63.9 cm³/mol. The van der Waals surface area contributed by atoms with Crippen molar-refractivity contribution in [1.29, 1.82) is 0 Å². The van der Waals surface area contributed by atoms with E-state index in [4.69, 9.17) is 4.74 Å². The first-order valence-corrected chi connectivity index (χ1v) is 5.48. The summed E-state index contributed by atoms with van der Waals surface area (Å²) in [6, 6.07) is 6.90. The highest BCUT2D eigenvalue weighted by atomic mass is 19.1. The van der Waals surface area contributed by atoms with Crippen LogP contribution in [0.15, 0.2) is 24.3 Å². The highest BCUT2D eigenvalue weighted by molar-refractivity contribution is 5.23. The van der Waals surface area contributed by atoms with Crippen LogP contribution in [0, 0.1) is 5.82 Å². The fraction of sp³-hybridized carbons (Fsp3) is 0.538. The van der Waals surface area contributed by atoms with E-state index in [1.807, 2.05) is 26.8 Å². The second-order valence-corrected chi connectivity index (χ2v) is 4.64. The molecule has 0 radical (unpaired) electrons. The van der Waals surface area contributed by atoms with E-state index in [-0.39, 0.29) is 17.4 Å². The minimum atomic E-state index is -0.264. The Morgan fingerprint density at radius 1 is 1.44 bits per heavy atom. The molecule has 0 fully saturated rings. The summed E-state index contributed by atoms with van der Waals surface area (Å²) in [6.07, 6.45) is 0. The van der Waals surface area contributed by atoms with Crippen LogP contribution in [-0.4, -0.2) is 19.8 Å². The Balaban J connectivity index is 2.76. The first-order valence-electron chi connectivity index (χ1n) is 5.48. The second-order valence-electron chi connectivity index (χ2n) is 4.64. The summed E-state index contributed by atoms with van der Waals surface area (Å²) in [4.78, 5) is 0. The molecule has 0 aliphatic carbocycles. The predicted octanol–water partition coefficient (Wildman–Crippen LogP) is 2.69. The van der Waals surface area contributed by atoms with Crippen molar-refractivity contribution in [3.05, 3.63) is 35.6 Å². The van der Waals surface area contributed by atoms with Crippen LogP contribution in [0.4, 0.5) is 4.39 Å². The lowest BCUT2D eigenvalue weighted by atomic mass is 9.93. The molecule has 1 atom stereocenters. The number of methoxy groups -OCH3 is 1. The zero-order valence-corrected chi connectivity index (χ0v) is 10.4. The van der Waals surface area contributed by atoms with Crippen LogP contribution >= 0.6 is 0 Å². The van der Waals surface area contributed by atoms with Gasteiger partial charge in [-0.1, -0.05) is 12.1 Å². The van der Waals surface area contributed by atoms with Crippen LogP contribution in [-0.2, 0) is 10.3 Å². The molecule has 90 valence electrons. The van der Waals surface area contributed by atoms with Crippen molar-refractivity contribution in [3.8, 4) is 0 Å². The number of halogens is 1. The maximum absolute atomic E-state index is 13.1. The van der Waals surface area contributed by atoms with E-state index in [2.05, 4.69) is 5.32 Å². The highest BCUT2D eigenvalue weighted by Gasteiger charge is 2.22. The molecule has 0 bridgehead atoms. The normalized spacial score (nSPS) is 13.8. The SMILES string of the molecule is COCC(C)NC(C)(C)c1cccc(F)c1. The smallest absolute Gasteiger partial charge is 0.123 e. The largest absolute Gasteiger partial charge is 0.383 e. The maximum Gasteiger partial charge on any atom is 0.123 e. The lowest BCUT2D eigenvalue weighted by Gasteiger charge is -2.30. The molecule has 1 aromatic carbocycles. The molecule has 0 heterocycles. The summed E-state index contributed by atoms with van der Waals surface area (Å²) >= 11 is 0. The molecule has 0 saturated heterocycles. The van der Waals surface area contributed by atoms with Crippen molar-refractivity contribution in [2.75, 3.05) is 13.7 Å². The molecule has 1 aromatic rings. The highest BCUT2D eigenvalue weighted by Crippen LogP contribution is 2.21. The van der Waals surface area contributed by atoms with Crippen LogP contribution < -0.4 is 5.32 Å². The minimum absolute atomic E-state index is 0.202. The Morgan fingerprint density at radius 3 is 2.69 bits per heavy atom. The lowest BCUT2D eigenvalue weighted by molar-refractivity contribution is 0.156. The van der Waals surface area contributed by atoms with Crippen LogP contribution in [0.5, 0.6) is 0 Å². The van der Waals surface area contributed by atoms with E-state index >= 15 is 0 Å². The number of ether oxygens (including phenoxy) is 1. The van der Waals surface area contributed by atoms with Crippen molar-refractivity contribution >= 4 is 0 Å². The summed E-state index contributed by atoms with van der Waals surface area (Å²) < 4.78 is 18.2. The number of hydrogen-bond donors (Lipinski definition) is 1. The standard InChI is InChI=1S/C13H20FNO/c1-10(9-16-4)15-13(2,3)11-6-5-7-12(14)8-11/h5-8,10,15H,9H2,1-4H3. The second kappa shape index (κ2) is 5.41. The van der Waals surface area contributed by atoms with Crippen LogP contribution in [0.2, 0.25) is 0 Å². The molecule has 0 aliphatic heterocycles. The summed E-state index contributed by atoms with van der Waals surface area (Å²) in [5.74, 6) is -0.202. The van der Waals surface area contributed by atoms with Gasteiger partial charge in [0.05, 0.1) is 6.61 Å². The van der Waals surface area contributed by atoms with E-state index < -0.39 is 0 Å². The van der Waals surface area contributed by atoms with E-state index in [1.54, 1.807) is 19.2 Å². The Bertz CT molecular complexity index is 338. The lowest BCUT2D eigenvalue weighted by Crippen LogP contribution is -2.44. The fourth-order valence-electron chi connectivity index (χ4n) is 1.87. The van der Waals surface area contributed by atoms with Crippen LogP contribution in [0.25, 0.3) is 0 Å². The van der Waals surface area contributed by atoms with Gasteiger partial charge in [-0.2, -0.15) is 0 Å². The van der Waals surface area contributed by atoms with Crippen molar-refractivity contribution < 1.29 is 9.13 Å². The van der Waals surface area contributed by atoms with Gasteiger partial charge in [-0.3, -0.25) is 0 Å². The van der Waals surface area contributed by atoms with Crippen molar-refractivity contribution in [2.24, 2.45) is 0 Å². The zero-order valence-electron chi connectivity index (χ0n) is 10.4. The van der Waals surface area contributed by atoms with Gasteiger partial charge in [0.1, 0.15) is 5.82 Å². The van der Waals surface area contributed by atoms with Crippen LogP contribution in [0.3, 0.4) is 0 Å². The summed E-state index contributed by atoms with van der Waals surface area (Å²) in [5, 5.41) is 3.41. The molecule has 16 heavy (non-hydrogen) atoms. The minimum Gasteiger partial charge on any atom is -0.383 e. The fourth-order valence-corrected chi connectivity index (χ4v) is 1.87. The van der Waals surface area contributed by atoms with Crippen LogP contribution in [0.1, 0.15) is 26.3 Å². The third-order valence-corrected chi connectivity index (χ3v) is 2.57. The van der Waals surface area contributed by atoms with Gasteiger partial charge in [0.2, 0.25) is 0 Å². The average Bonchev–Trinajstić information content (AvgIpc) is 2.17. The molecule has 1 unspecified atom stereocenters. The molecular weight excluding hydrogens is 205 g/mol. The van der Waals surface area contributed by atoms with Gasteiger partial charge in [-0.15, -0.1) is 0 Å². The van der Waals surface area contributed by atoms with Gasteiger partial charge < -0.3 is 10.1 Å². The van der Waals surface area contributed by atoms with E-state index in [0.29, 0.717) is 6.61 Å². The monoisotopic (exact) mass is 225 g/mol. The number of rotatable bonds is 5. The molecule has 0 saturated carbocycles. The Hall–Kier alpha value is -0.930. The van der Waals surface area contributed by atoms with Gasteiger partial charge in [0.25, 0.3) is 0 Å². The van der Waals surface area contributed by atoms with E-state index in [1.165, 1.54) is 6.07 Å². The van der Waals surface area contributed by atoms with Gasteiger partial charge in [0, 0.05) is 18.7 Å². The topological polar surface area (TPSA) is 21.3 Å². The van der Waals surface area contributed by atoms with Gasteiger partial charge in [0.15, 0.2) is 0 Å². The van der Waals surface area contributed by atoms with Gasteiger partial charge in [-0.05, 0) is 38.5 Å². The van der Waals surface area contributed by atoms with Gasteiger partial charge in [-0.25, -0.2) is 4.39 Å². The molecule has 1 rings (SSSR count). The van der Waals surface area contributed by atoms with Crippen molar-refractivity contribution in [2.45, 2.75) is 32.4 Å².